The third-order valence-corrected chi connectivity index (χ3v) is 7.61. The maximum absolute atomic E-state index is 12.7. The third-order valence-electron chi connectivity index (χ3n) is 4.01. The highest BCUT2D eigenvalue weighted by Crippen LogP contribution is 2.26. The van der Waals surface area contributed by atoms with Crippen molar-refractivity contribution in [3.05, 3.63) is 47.1 Å². The van der Waals surface area contributed by atoms with Crippen LogP contribution in [0.25, 0.3) is 0 Å². The smallest absolute Gasteiger partial charge is 0.255 e. The van der Waals surface area contributed by atoms with Crippen LogP contribution in [0.1, 0.15) is 22.2 Å². The van der Waals surface area contributed by atoms with Gasteiger partial charge in [0.25, 0.3) is 15.9 Å². The predicted octanol–water partition coefficient (Wildman–Crippen LogP) is 1.85. The molecule has 0 radical (unpaired) electrons. The maximum Gasteiger partial charge on any atom is 0.255 e. The number of aromatic nitrogens is 1. The van der Waals surface area contributed by atoms with Crippen molar-refractivity contribution >= 4 is 27.3 Å². The fourth-order valence-electron chi connectivity index (χ4n) is 2.62. The van der Waals surface area contributed by atoms with Gasteiger partial charge in [-0.25, -0.2) is 8.42 Å². The van der Waals surface area contributed by atoms with Crippen molar-refractivity contribution in [3.63, 3.8) is 0 Å². The molecule has 0 aromatic carbocycles. The Morgan fingerprint density at radius 3 is 2.54 bits per heavy atom. The van der Waals surface area contributed by atoms with Crippen molar-refractivity contribution < 1.29 is 13.2 Å². The van der Waals surface area contributed by atoms with Gasteiger partial charge in [-0.1, -0.05) is 6.92 Å². The van der Waals surface area contributed by atoms with Crippen LogP contribution < -0.4 is 0 Å². The molecule has 3 heterocycles. The minimum atomic E-state index is -3.46. The summed E-state index contributed by atoms with van der Waals surface area (Å²) in [5.74, 6) is -0.107. The second-order valence-electron chi connectivity index (χ2n) is 5.51. The zero-order valence-corrected chi connectivity index (χ0v) is 15.0. The van der Waals surface area contributed by atoms with Crippen LogP contribution in [0.5, 0.6) is 0 Å². The van der Waals surface area contributed by atoms with E-state index < -0.39 is 10.0 Å². The summed E-state index contributed by atoms with van der Waals surface area (Å²) in [4.78, 5) is 19.1. The van der Waals surface area contributed by atoms with E-state index in [4.69, 9.17) is 0 Å². The molecule has 1 saturated heterocycles. The number of hydrogen-bond donors (Lipinski definition) is 0. The number of amides is 1. The summed E-state index contributed by atoms with van der Waals surface area (Å²) in [6.07, 6.45) is 3.98. The molecular weight excluding hydrogens is 346 g/mol. The molecule has 1 amide bonds. The molecule has 8 heteroatoms. The second kappa shape index (κ2) is 7.00. The number of rotatable bonds is 4. The first-order valence-corrected chi connectivity index (χ1v) is 10.1. The molecule has 0 N–H and O–H groups in total. The van der Waals surface area contributed by atoms with E-state index in [1.165, 1.54) is 21.8 Å². The highest BCUT2D eigenvalue weighted by Gasteiger charge is 2.31. The molecule has 1 aliphatic heterocycles. The molecular formula is C16H19N3O3S2. The molecule has 6 nitrogen and oxygen atoms in total. The Labute approximate surface area is 145 Å². The van der Waals surface area contributed by atoms with E-state index in [-0.39, 0.29) is 5.91 Å². The molecule has 1 fully saturated rings. The summed E-state index contributed by atoms with van der Waals surface area (Å²) >= 11 is 1.32. The van der Waals surface area contributed by atoms with Crippen molar-refractivity contribution in [2.45, 2.75) is 17.6 Å². The second-order valence-corrected chi connectivity index (χ2v) is 8.85. The van der Waals surface area contributed by atoms with Gasteiger partial charge in [-0.15, -0.1) is 11.3 Å². The van der Waals surface area contributed by atoms with E-state index in [2.05, 4.69) is 4.98 Å². The van der Waals surface area contributed by atoms with Crippen LogP contribution in [0.3, 0.4) is 0 Å². The fourth-order valence-corrected chi connectivity index (χ4v) is 5.49. The lowest BCUT2D eigenvalue weighted by Crippen LogP contribution is -2.50. The topological polar surface area (TPSA) is 70.6 Å². The van der Waals surface area contributed by atoms with Gasteiger partial charge in [0.15, 0.2) is 0 Å². The van der Waals surface area contributed by atoms with Gasteiger partial charge in [0.2, 0.25) is 0 Å². The lowest BCUT2D eigenvalue weighted by molar-refractivity contribution is 0.0697. The standard InChI is InChI=1S/C16H19N3O3S2/c1-2-14-5-6-15(23-14)24(21,22)19-10-8-18(9-11-19)16(20)13-4-3-7-17-12-13/h3-7,12H,2,8-11H2,1H3. The number of pyridine rings is 1. The normalized spacial score (nSPS) is 16.3. The van der Waals surface area contributed by atoms with Gasteiger partial charge in [-0.3, -0.25) is 9.78 Å². The van der Waals surface area contributed by atoms with E-state index in [0.29, 0.717) is 36.0 Å². The van der Waals surface area contributed by atoms with Crippen LogP contribution in [0.4, 0.5) is 0 Å². The molecule has 128 valence electrons. The molecule has 1 aliphatic rings. The van der Waals surface area contributed by atoms with Crippen LogP contribution in [0.2, 0.25) is 0 Å². The minimum absolute atomic E-state index is 0.107. The summed E-state index contributed by atoms with van der Waals surface area (Å²) < 4.78 is 27.2. The van der Waals surface area contributed by atoms with E-state index in [9.17, 15) is 13.2 Å². The molecule has 0 atom stereocenters. The van der Waals surface area contributed by atoms with E-state index in [0.717, 1.165) is 11.3 Å². The average Bonchev–Trinajstić information content (AvgIpc) is 3.12. The first-order chi connectivity index (χ1) is 11.5. The number of aryl methyl sites for hydroxylation is 1. The Kier molecular flexibility index (Phi) is 4.98. The zero-order chi connectivity index (χ0) is 17.2. The fraction of sp³-hybridized carbons (Fsp3) is 0.375. The first kappa shape index (κ1) is 17.1. The average molecular weight is 365 g/mol. The van der Waals surface area contributed by atoms with Crippen molar-refractivity contribution in [2.75, 3.05) is 26.2 Å². The van der Waals surface area contributed by atoms with E-state index in [1.807, 2.05) is 13.0 Å². The third kappa shape index (κ3) is 3.35. The highest BCUT2D eigenvalue weighted by molar-refractivity contribution is 7.91. The number of piperazine rings is 1. The number of hydrogen-bond acceptors (Lipinski definition) is 5. The maximum atomic E-state index is 12.7. The van der Waals surface area contributed by atoms with Gasteiger partial charge in [0.05, 0.1) is 5.56 Å². The highest BCUT2D eigenvalue weighted by atomic mass is 32.2. The van der Waals surface area contributed by atoms with Gasteiger partial charge in [0.1, 0.15) is 4.21 Å². The largest absolute Gasteiger partial charge is 0.336 e. The van der Waals surface area contributed by atoms with Gasteiger partial charge in [0, 0.05) is 43.4 Å². The Morgan fingerprint density at radius 1 is 1.21 bits per heavy atom. The van der Waals surface area contributed by atoms with Crippen molar-refractivity contribution in [1.29, 1.82) is 0 Å². The molecule has 0 spiro atoms. The predicted molar refractivity (Wildman–Crippen MR) is 92.6 cm³/mol. The lowest BCUT2D eigenvalue weighted by atomic mass is 10.2. The Bertz CT molecular complexity index is 810. The van der Waals surface area contributed by atoms with Crippen LogP contribution in [-0.2, 0) is 16.4 Å². The summed E-state index contributed by atoms with van der Waals surface area (Å²) in [5, 5.41) is 0. The number of carbonyl (C=O) groups is 1. The Balaban J connectivity index is 1.67. The molecule has 0 unspecified atom stereocenters. The van der Waals surface area contributed by atoms with Crippen LogP contribution in [0, 0.1) is 0 Å². The molecule has 24 heavy (non-hydrogen) atoms. The molecule has 0 aliphatic carbocycles. The molecule has 0 saturated carbocycles. The summed E-state index contributed by atoms with van der Waals surface area (Å²) in [5.41, 5.74) is 0.527. The van der Waals surface area contributed by atoms with Crippen LogP contribution in [0.15, 0.2) is 40.9 Å². The summed E-state index contributed by atoms with van der Waals surface area (Å²) in [6.45, 7) is 3.41. The minimum Gasteiger partial charge on any atom is -0.336 e. The van der Waals surface area contributed by atoms with E-state index in [1.54, 1.807) is 29.3 Å². The van der Waals surface area contributed by atoms with Gasteiger partial charge >= 0.3 is 0 Å². The van der Waals surface area contributed by atoms with Gasteiger partial charge < -0.3 is 4.90 Å². The first-order valence-electron chi connectivity index (χ1n) is 7.80. The van der Waals surface area contributed by atoms with Crippen molar-refractivity contribution in [1.82, 2.24) is 14.2 Å². The molecule has 2 aromatic rings. The Hall–Kier alpha value is -1.77. The van der Waals surface area contributed by atoms with Crippen molar-refractivity contribution in [2.24, 2.45) is 0 Å². The molecule has 0 bridgehead atoms. The summed E-state index contributed by atoms with van der Waals surface area (Å²) in [7, 11) is -3.46. The molecule has 3 rings (SSSR count). The van der Waals surface area contributed by atoms with Crippen LogP contribution in [-0.4, -0.2) is 54.7 Å². The number of sulfonamides is 1. The van der Waals surface area contributed by atoms with Gasteiger partial charge in [-0.2, -0.15) is 4.31 Å². The SMILES string of the molecule is CCc1ccc(S(=O)(=O)N2CCN(C(=O)c3cccnc3)CC2)s1. The lowest BCUT2D eigenvalue weighted by Gasteiger charge is -2.33. The zero-order valence-electron chi connectivity index (χ0n) is 13.4. The number of thiophene rings is 1. The summed E-state index contributed by atoms with van der Waals surface area (Å²) in [6, 6.07) is 6.97. The molecule has 2 aromatic heterocycles. The van der Waals surface area contributed by atoms with E-state index >= 15 is 0 Å². The number of carbonyl (C=O) groups excluding carboxylic acids is 1. The Morgan fingerprint density at radius 2 is 1.96 bits per heavy atom. The van der Waals surface area contributed by atoms with Gasteiger partial charge in [-0.05, 0) is 30.7 Å². The van der Waals surface area contributed by atoms with Crippen molar-refractivity contribution in [3.8, 4) is 0 Å². The monoisotopic (exact) mass is 365 g/mol. The number of nitrogens with zero attached hydrogens (tertiary/aromatic N) is 3. The quantitative estimate of drug-likeness (QED) is 0.829. The van der Waals surface area contributed by atoms with Crippen LogP contribution >= 0.6 is 11.3 Å².